The van der Waals surface area contributed by atoms with Gasteiger partial charge in [0.2, 0.25) is 0 Å². The molecule has 0 aromatic heterocycles. The van der Waals surface area contributed by atoms with E-state index in [4.69, 9.17) is 32.7 Å². The third-order valence-electron chi connectivity index (χ3n) is 4.41. The molecule has 6 nitrogen and oxygen atoms in total. The zero-order valence-corrected chi connectivity index (χ0v) is 19.1. The SMILES string of the molecule is CCOC(=O)[C@H](C)N1C(=O)S/C(=C/c2ccc(OCc3ccc(Cl)c(Cl)c3)cc2)C1=O. The summed E-state index contributed by atoms with van der Waals surface area (Å²) < 4.78 is 10.6. The lowest BCUT2D eigenvalue weighted by Gasteiger charge is -2.19. The number of esters is 1. The van der Waals surface area contributed by atoms with Crippen LogP contribution in [0.5, 0.6) is 5.75 Å². The van der Waals surface area contributed by atoms with E-state index < -0.39 is 23.2 Å². The lowest BCUT2D eigenvalue weighted by molar-refractivity contribution is -0.150. The van der Waals surface area contributed by atoms with Gasteiger partial charge in [-0.05, 0) is 67.1 Å². The van der Waals surface area contributed by atoms with Crippen LogP contribution in [-0.4, -0.2) is 34.7 Å². The second-order valence-electron chi connectivity index (χ2n) is 6.59. The van der Waals surface area contributed by atoms with Crippen LogP contribution in [0.1, 0.15) is 25.0 Å². The molecule has 1 aliphatic heterocycles. The van der Waals surface area contributed by atoms with Crippen LogP contribution in [-0.2, 0) is 20.9 Å². The first kappa shape index (κ1) is 23.2. The van der Waals surface area contributed by atoms with Gasteiger partial charge in [-0.3, -0.25) is 14.5 Å². The molecule has 2 amide bonds. The van der Waals surface area contributed by atoms with E-state index >= 15 is 0 Å². The van der Waals surface area contributed by atoms with Crippen molar-refractivity contribution in [3.63, 3.8) is 0 Å². The van der Waals surface area contributed by atoms with E-state index in [1.807, 2.05) is 6.07 Å². The molecule has 1 saturated heterocycles. The minimum absolute atomic E-state index is 0.175. The van der Waals surface area contributed by atoms with E-state index in [0.717, 1.165) is 27.8 Å². The number of carbonyl (C=O) groups is 3. The lowest BCUT2D eigenvalue weighted by atomic mass is 10.2. The fourth-order valence-corrected chi connectivity index (χ4v) is 4.02. The fourth-order valence-electron chi connectivity index (χ4n) is 2.79. The number of halogens is 2. The smallest absolute Gasteiger partial charge is 0.329 e. The van der Waals surface area contributed by atoms with Crippen LogP contribution in [0.25, 0.3) is 6.08 Å². The van der Waals surface area contributed by atoms with Crippen molar-refractivity contribution in [1.29, 1.82) is 0 Å². The summed E-state index contributed by atoms with van der Waals surface area (Å²) in [6, 6.07) is 11.4. The summed E-state index contributed by atoms with van der Waals surface area (Å²) in [4.78, 5) is 37.9. The molecule has 31 heavy (non-hydrogen) atoms. The largest absolute Gasteiger partial charge is 0.489 e. The van der Waals surface area contributed by atoms with Crippen LogP contribution < -0.4 is 4.74 Å². The van der Waals surface area contributed by atoms with Gasteiger partial charge in [0.05, 0.1) is 21.6 Å². The van der Waals surface area contributed by atoms with Crippen LogP contribution in [0, 0.1) is 0 Å². The third kappa shape index (κ3) is 5.61. The van der Waals surface area contributed by atoms with Crippen LogP contribution in [0.2, 0.25) is 10.0 Å². The summed E-state index contributed by atoms with van der Waals surface area (Å²) in [5, 5.41) is 0.443. The van der Waals surface area contributed by atoms with Crippen LogP contribution in [0.4, 0.5) is 4.79 Å². The Morgan fingerprint density at radius 1 is 1.13 bits per heavy atom. The number of carbonyl (C=O) groups excluding carboxylic acids is 3. The summed E-state index contributed by atoms with van der Waals surface area (Å²) in [6.45, 7) is 3.63. The Labute approximate surface area is 194 Å². The standard InChI is InChI=1S/C22H19Cl2NO5S/c1-3-29-21(27)13(2)25-20(26)19(31-22(25)28)11-14-4-7-16(8-5-14)30-12-15-6-9-17(23)18(24)10-15/h4-11,13H,3,12H2,1-2H3/b19-11+/t13-/m0/s1. The maximum atomic E-state index is 12.6. The number of nitrogens with zero attached hydrogens (tertiary/aromatic N) is 1. The molecule has 1 heterocycles. The molecule has 2 aromatic rings. The molecule has 162 valence electrons. The topological polar surface area (TPSA) is 72.9 Å². The molecular formula is C22H19Cl2NO5S. The zero-order chi connectivity index (χ0) is 22.5. The molecule has 0 unspecified atom stereocenters. The molecule has 1 fully saturated rings. The van der Waals surface area contributed by atoms with E-state index in [-0.39, 0.29) is 11.5 Å². The normalized spacial score (nSPS) is 16.0. The van der Waals surface area contributed by atoms with Crippen LogP contribution >= 0.6 is 35.0 Å². The highest BCUT2D eigenvalue weighted by atomic mass is 35.5. The summed E-state index contributed by atoms with van der Waals surface area (Å²) in [7, 11) is 0. The predicted octanol–water partition coefficient (Wildman–Crippen LogP) is 5.56. The highest BCUT2D eigenvalue weighted by Crippen LogP contribution is 2.34. The molecule has 0 spiro atoms. The van der Waals surface area contributed by atoms with Crippen molar-refractivity contribution < 1.29 is 23.9 Å². The Kier molecular flexibility index (Phi) is 7.64. The summed E-state index contributed by atoms with van der Waals surface area (Å²) in [6.07, 6.45) is 1.60. The van der Waals surface area contributed by atoms with E-state index in [9.17, 15) is 14.4 Å². The first-order chi connectivity index (χ1) is 14.8. The minimum atomic E-state index is -0.976. The van der Waals surface area contributed by atoms with Gasteiger partial charge in [-0.15, -0.1) is 0 Å². The van der Waals surface area contributed by atoms with Crippen molar-refractivity contribution >= 4 is 58.2 Å². The van der Waals surface area contributed by atoms with Gasteiger partial charge in [-0.2, -0.15) is 0 Å². The van der Waals surface area contributed by atoms with Crippen molar-refractivity contribution in [2.45, 2.75) is 26.5 Å². The van der Waals surface area contributed by atoms with Gasteiger partial charge in [0.15, 0.2) is 0 Å². The Hall–Kier alpha value is -2.48. The van der Waals surface area contributed by atoms with E-state index in [1.165, 1.54) is 6.92 Å². The van der Waals surface area contributed by atoms with Gasteiger partial charge < -0.3 is 9.47 Å². The van der Waals surface area contributed by atoms with Crippen LogP contribution in [0.3, 0.4) is 0 Å². The first-order valence-electron chi connectivity index (χ1n) is 9.40. The second kappa shape index (κ2) is 10.2. The van der Waals surface area contributed by atoms with Gasteiger partial charge in [0.25, 0.3) is 11.1 Å². The lowest BCUT2D eigenvalue weighted by Crippen LogP contribution is -2.42. The second-order valence-corrected chi connectivity index (χ2v) is 8.39. The number of imide groups is 1. The van der Waals surface area contributed by atoms with Crippen molar-refractivity contribution in [2.75, 3.05) is 6.61 Å². The number of hydrogen-bond donors (Lipinski definition) is 0. The molecule has 0 radical (unpaired) electrons. The van der Waals surface area contributed by atoms with Gasteiger partial charge in [-0.1, -0.05) is 41.4 Å². The molecule has 9 heteroatoms. The summed E-state index contributed by atoms with van der Waals surface area (Å²) >= 11 is 12.7. The number of benzene rings is 2. The molecule has 0 saturated carbocycles. The average molecular weight is 480 g/mol. The first-order valence-corrected chi connectivity index (χ1v) is 11.0. The van der Waals surface area contributed by atoms with E-state index in [0.29, 0.717) is 22.4 Å². The number of hydrogen-bond acceptors (Lipinski definition) is 6. The highest BCUT2D eigenvalue weighted by Gasteiger charge is 2.41. The number of ether oxygens (including phenoxy) is 2. The monoisotopic (exact) mass is 479 g/mol. The molecule has 0 N–H and O–H groups in total. The molecule has 1 atom stereocenters. The third-order valence-corrected chi connectivity index (χ3v) is 6.03. The Balaban J connectivity index is 1.65. The number of amides is 2. The average Bonchev–Trinajstić information content (AvgIpc) is 3.02. The zero-order valence-electron chi connectivity index (χ0n) is 16.8. The minimum Gasteiger partial charge on any atom is -0.489 e. The van der Waals surface area contributed by atoms with Gasteiger partial charge >= 0.3 is 5.97 Å². The maximum absolute atomic E-state index is 12.6. The summed E-state index contributed by atoms with van der Waals surface area (Å²) in [5.74, 6) is -0.503. The quantitative estimate of drug-likeness (QED) is 0.382. The Morgan fingerprint density at radius 2 is 1.84 bits per heavy atom. The Morgan fingerprint density at radius 3 is 2.48 bits per heavy atom. The van der Waals surface area contributed by atoms with E-state index in [1.54, 1.807) is 49.4 Å². The predicted molar refractivity (Wildman–Crippen MR) is 121 cm³/mol. The maximum Gasteiger partial charge on any atom is 0.329 e. The van der Waals surface area contributed by atoms with Crippen LogP contribution in [0.15, 0.2) is 47.4 Å². The van der Waals surface area contributed by atoms with Gasteiger partial charge in [0, 0.05) is 0 Å². The van der Waals surface area contributed by atoms with E-state index in [2.05, 4.69) is 0 Å². The van der Waals surface area contributed by atoms with Crippen molar-refractivity contribution in [2.24, 2.45) is 0 Å². The van der Waals surface area contributed by atoms with Crippen molar-refractivity contribution in [3.05, 3.63) is 68.5 Å². The molecule has 1 aliphatic rings. The number of thioether (sulfide) groups is 1. The number of rotatable bonds is 7. The van der Waals surface area contributed by atoms with Gasteiger partial charge in [-0.25, -0.2) is 4.79 Å². The molecular weight excluding hydrogens is 461 g/mol. The molecule has 2 aromatic carbocycles. The fraction of sp³-hybridized carbons (Fsp3) is 0.227. The van der Waals surface area contributed by atoms with Gasteiger partial charge in [0.1, 0.15) is 18.4 Å². The Bertz CT molecular complexity index is 1040. The molecule has 0 aliphatic carbocycles. The molecule has 3 rings (SSSR count). The van der Waals surface area contributed by atoms with Crippen molar-refractivity contribution in [3.8, 4) is 5.75 Å². The van der Waals surface area contributed by atoms with Crippen molar-refractivity contribution in [1.82, 2.24) is 4.90 Å². The highest BCUT2D eigenvalue weighted by molar-refractivity contribution is 8.18. The molecule has 0 bridgehead atoms. The summed E-state index contributed by atoms with van der Waals surface area (Å²) in [5.41, 5.74) is 1.60.